The summed E-state index contributed by atoms with van der Waals surface area (Å²) in [5, 5.41) is 9.75. The summed E-state index contributed by atoms with van der Waals surface area (Å²) in [4.78, 5) is 12.8. The molecule has 1 aromatic rings. The number of morpholine rings is 1. The van der Waals surface area contributed by atoms with Crippen molar-refractivity contribution in [3.8, 4) is 0 Å². The van der Waals surface area contributed by atoms with Crippen LogP contribution in [0.3, 0.4) is 0 Å². The van der Waals surface area contributed by atoms with E-state index in [0.717, 1.165) is 37.7 Å². The number of carbonyl (C=O) groups excluding carboxylic acids is 1. The van der Waals surface area contributed by atoms with Gasteiger partial charge < -0.3 is 14.6 Å². The van der Waals surface area contributed by atoms with Crippen LogP contribution in [0, 0.1) is 0 Å². The SMILES string of the molecule is CCCCC12CC(OC(=O)C(CO)c3ccccc3)CC(C3OC31)[N+]2(C)N. The molecule has 0 aliphatic carbocycles. The number of aliphatic hydroxyl groups excluding tert-OH is 1. The number of carbonyl (C=O) groups is 1. The number of likely N-dealkylation sites (N-methyl/N-ethyl adjacent to an activating group) is 1. The van der Waals surface area contributed by atoms with Crippen molar-refractivity contribution in [3.05, 3.63) is 35.9 Å². The van der Waals surface area contributed by atoms with Crippen molar-refractivity contribution < 1.29 is 24.0 Å². The van der Waals surface area contributed by atoms with E-state index in [1.807, 2.05) is 30.3 Å². The van der Waals surface area contributed by atoms with E-state index in [-0.39, 0.29) is 42.5 Å². The van der Waals surface area contributed by atoms with Gasteiger partial charge >= 0.3 is 5.97 Å². The molecule has 3 saturated heterocycles. The number of aliphatic hydroxyl groups is 1. The first-order chi connectivity index (χ1) is 12.9. The van der Waals surface area contributed by atoms with Gasteiger partial charge in [-0.2, -0.15) is 5.84 Å². The number of quaternary nitrogens is 1. The zero-order chi connectivity index (χ0) is 19.2. The molecule has 7 atom stereocenters. The number of hydrogen-bond acceptors (Lipinski definition) is 5. The second kappa shape index (κ2) is 6.85. The minimum atomic E-state index is -0.637. The standard InChI is InChI=1S/C21H31N2O4/c1-3-4-10-21-12-15(11-17(23(21,2)22)18-19(21)27-18)26-20(25)16(13-24)14-8-6-5-7-9-14/h5-9,15-19,24H,3-4,10-13,22H2,1-2H3/q+1. The Balaban J connectivity index is 1.50. The fourth-order valence-electron chi connectivity index (χ4n) is 5.48. The summed E-state index contributed by atoms with van der Waals surface area (Å²) < 4.78 is 12.4. The molecule has 3 aliphatic rings. The first-order valence-corrected chi connectivity index (χ1v) is 10.1. The maximum absolute atomic E-state index is 12.8. The van der Waals surface area contributed by atoms with E-state index in [2.05, 4.69) is 14.0 Å². The van der Waals surface area contributed by atoms with Gasteiger partial charge in [-0.3, -0.25) is 4.79 Å². The van der Waals surface area contributed by atoms with Crippen molar-refractivity contribution in [2.45, 2.75) is 74.8 Å². The van der Waals surface area contributed by atoms with Gasteiger partial charge in [-0.05, 0) is 12.0 Å². The lowest BCUT2D eigenvalue weighted by Gasteiger charge is -2.52. The maximum atomic E-state index is 12.8. The average Bonchev–Trinajstić information content (AvgIpc) is 3.42. The van der Waals surface area contributed by atoms with Crippen molar-refractivity contribution in [2.24, 2.45) is 5.84 Å². The van der Waals surface area contributed by atoms with Crippen LogP contribution < -0.4 is 5.84 Å². The van der Waals surface area contributed by atoms with Crippen LogP contribution in [0.4, 0.5) is 0 Å². The van der Waals surface area contributed by atoms with Gasteiger partial charge in [0.15, 0.2) is 0 Å². The van der Waals surface area contributed by atoms with Crippen molar-refractivity contribution in [1.82, 2.24) is 0 Å². The molecule has 2 bridgehead atoms. The minimum absolute atomic E-state index is 0.164. The fraction of sp³-hybridized carbons (Fsp3) is 0.667. The second-order valence-electron chi connectivity index (χ2n) is 8.59. The van der Waals surface area contributed by atoms with Gasteiger partial charge in [0.05, 0.1) is 13.7 Å². The molecule has 3 N–H and O–H groups in total. The molecular weight excluding hydrogens is 344 g/mol. The van der Waals surface area contributed by atoms with Gasteiger partial charge in [0, 0.05) is 19.3 Å². The highest BCUT2D eigenvalue weighted by Gasteiger charge is 2.79. The van der Waals surface area contributed by atoms with E-state index in [1.54, 1.807) is 0 Å². The summed E-state index contributed by atoms with van der Waals surface area (Å²) in [5.74, 6) is 5.79. The molecule has 3 aliphatic heterocycles. The molecule has 6 nitrogen and oxygen atoms in total. The van der Waals surface area contributed by atoms with Crippen molar-refractivity contribution in [1.29, 1.82) is 0 Å². The molecule has 27 heavy (non-hydrogen) atoms. The van der Waals surface area contributed by atoms with Crippen LogP contribution in [0.1, 0.15) is 50.5 Å². The molecule has 0 saturated carbocycles. The smallest absolute Gasteiger partial charge is 0.316 e. The van der Waals surface area contributed by atoms with Crippen LogP contribution in [0.2, 0.25) is 0 Å². The van der Waals surface area contributed by atoms with Crippen molar-refractivity contribution >= 4 is 5.97 Å². The predicted molar refractivity (Wildman–Crippen MR) is 100 cm³/mol. The molecule has 3 fully saturated rings. The zero-order valence-corrected chi connectivity index (χ0v) is 16.2. The molecule has 0 aromatic heterocycles. The van der Waals surface area contributed by atoms with Crippen LogP contribution in [0.5, 0.6) is 0 Å². The molecule has 6 heteroatoms. The average molecular weight is 375 g/mol. The van der Waals surface area contributed by atoms with Gasteiger partial charge in [-0.15, -0.1) is 0 Å². The summed E-state index contributed by atoms with van der Waals surface area (Å²) >= 11 is 0. The van der Waals surface area contributed by atoms with Crippen LogP contribution >= 0.6 is 0 Å². The quantitative estimate of drug-likeness (QED) is 0.329. The van der Waals surface area contributed by atoms with Crippen LogP contribution in [-0.4, -0.2) is 59.2 Å². The number of hydrogen-bond donors (Lipinski definition) is 2. The van der Waals surface area contributed by atoms with Gasteiger partial charge in [0.25, 0.3) is 0 Å². The number of nitrogens with two attached hydrogens (primary N) is 1. The normalized spacial score (nSPS) is 40.3. The number of nitrogens with zero attached hydrogens (tertiary/aromatic N) is 1. The summed E-state index contributed by atoms with van der Waals surface area (Å²) in [5.41, 5.74) is 0.616. The summed E-state index contributed by atoms with van der Waals surface area (Å²) in [6.07, 6.45) is 4.87. The number of rotatable bonds is 7. The molecular formula is C21H31N2O4+. The van der Waals surface area contributed by atoms with E-state index in [1.165, 1.54) is 0 Å². The summed E-state index contributed by atoms with van der Waals surface area (Å²) in [6.45, 7) is 1.93. The lowest BCUT2D eigenvalue weighted by Crippen LogP contribution is -2.73. The summed E-state index contributed by atoms with van der Waals surface area (Å²) in [6, 6.07) is 9.51. The minimum Gasteiger partial charge on any atom is -0.461 e. The van der Waals surface area contributed by atoms with Crippen molar-refractivity contribution in [2.75, 3.05) is 13.7 Å². The number of piperidine rings is 1. The largest absolute Gasteiger partial charge is 0.461 e. The van der Waals surface area contributed by atoms with E-state index in [4.69, 9.17) is 15.3 Å². The third kappa shape index (κ3) is 2.90. The Morgan fingerprint density at radius 1 is 1.44 bits per heavy atom. The Morgan fingerprint density at radius 2 is 2.19 bits per heavy atom. The number of unbranched alkanes of at least 4 members (excludes halogenated alkanes) is 1. The summed E-state index contributed by atoms with van der Waals surface area (Å²) in [7, 11) is 2.11. The fourth-order valence-corrected chi connectivity index (χ4v) is 5.48. The number of fused-ring (bicyclic) bond motifs is 5. The topological polar surface area (TPSA) is 85.1 Å². The number of epoxide rings is 1. The second-order valence-corrected chi connectivity index (χ2v) is 8.59. The first kappa shape index (κ1) is 18.9. The third-order valence-electron chi connectivity index (χ3n) is 7.08. The monoisotopic (exact) mass is 375 g/mol. The highest BCUT2D eigenvalue weighted by molar-refractivity contribution is 5.78. The Hall–Kier alpha value is -1.47. The third-order valence-corrected chi connectivity index (χ3v) is 7.08. The predicted octanol–water partition coefficient (Wildman–Crippen LogP) is 1.87. The van der Waals surface area contributed by atoms with E-state index < -0.39 is 5.92 Å². The lowest BCUT2D eigenvalue weighted by atomic mass is 9.80. The molecule has 0 spiro atoms. The zero-order valence-electron chi connectivity index (χ0n) is 16.2. The van der Waals surface area contributed by atoms with Gasteiger partial charge in [-0.25, -0.2) is 4.59 Å². The maximum Gasteiger partial charge on any atom is 0.316 e. The molecule has 0 radical (unpaired) electrons. The Morgan fingerprint density at radius 3 is 2.85 bits per heavy atom. The molecule has 0 amide bonds. The molecule has 148 valence electrons. The van der Waals surface area contributed by atoms with Crippen LogP contribution in [0.25, 0.3) is 0 Å². The number of benzene rings is 1. The molecule has 1 aromatic carbocycles. The van der Waals surface area contributed by atoms with Gasteiger partial charge in [0.1, 0.15) is 35.8 Å². The number of ether oxygens (including phenoxy) is 2. The van der Waals surface area contributed by atoms with E-state index in [9.17, 15) is 9.90 Å². The highest BCUT2D eigenvalue weighted by Crippen LogP contribution is 2.59. The van der Waals surface area contributed by atoms with E-state index in [0.29, 0.717) is 4.59 Å². The van der Waals surface area contributed by atoms with E-state index >= 15 is 0 Å². The molecule has 7 unspecified atom stereocenters. The Labute approximate surface area is 160 Å². The Bertz CT molecular complexity index is 695. The lowest BCUT2D eigenvalue weighted by molar-refractivity contribution is -0.992. The van der Waals surface area contributed by atoms with Gasteiger partial charge in [-0.1, -0.05) is 43.7 Å². The van der Waals surface area contributed by atoms with Crippen LogP contribution in [0.15, 0.2) is 30.3 Å². The highest BCUT2D eigenvalue weighted by atomic mass is 16.6. The van der Waals surface area contributed by atoms with Gasteiger partial charge in [0.2, 0.25) is 0 Å². The first-order valence-electron chi connectivity index (χ1n) is 10.1. The van der Waals surface area contributed by atoms with Crippen LogP contribution in [-0.2, 0) is 14.3 Å². The Kier molecular flexibility index (Phi) is 4.79. The molecule has 4 rings (SSSR count). The number of esters is 1. The molecule has 3 heterocycles. The van der Waals surface area contributed by atoms with Crippen molar-refractivity contribution in [3.63, 3.8) is 0 Å².